The Kier molecular flexibility index (Phi) is 4.53. The van der Waals surface area contributed by atoms with E-state index in [1.54, 1.807) is 43.3 Å². The minimum Gasteiger partial charge on any atom is -0.456 e. The van der Waals surface area contributed by atoms with Crippen molar-refractivity contribution in [1.29, 1.82) is 0 Å². The second kappa shape index (κ2) is 6.34. The minimum atomic E-state index is -0.582. The van der Waals surface area contributed by atoms with Crippen LogP contribution in [0, 0.1) is 0 Å². The van der Waals surface area contributed by atoms with E-state index in [1.807, 2.05) is 0 Å². The van der Waals surface area contributed by atoms with Gasteiger partial charge in [0.15, 0.2) is 0 Å². The van der Waals surface area contributed by atoms with Crippen molar-refractivity contribution in [3.63, 3.8) is 0 Å². The van der Waals surface area contributed by atoms with Crippen LogP contribution in [-0.4, -0.2) is 35.6 Å². The highest BCUT2D eigenvalue weighted by Crippen LogP contribution is 2.21. The quantitative estimate of drug-likeness (QED) is 0.484. The van der Waals surface area contributed by atoms with Crippen LogP contribution in [0.2, 0.25) is 0 Å². The van der Waals surface area contributed by atoms with Crippen molar-refractivity contribution >= 4 is 17.9 Å². The molecule has 1 saturated heterocycles. The summed E-state index contributed by atoms with van der Waals surface area (Å²) in [5.41, 5.74) is 1.41. The molecule has 1 aromatic rings. The molecule has 5 nitrogen and oxygen atoms in total. The van der Waals surface area contributed by atoms with Gasteiger partial charge in [-0.05, 0) is 37.3 Å². The number of aldehydes is 1. The maximum absolute atomic E-state index is 11.4. The van der Waals surface area contributed by atoms with Crippen molar-refractivity contribution < 1.29 is 19.4 Å². The van der Waals surface area contributed by atoms with Crippen LogP contribution >= 0.6 is 0 Å². The van der Waals surface area contributed by atoms with E-state index in [1.165, 1.54) is 0 Å². The Bertz CT molecular complexity index is 507. The SMILES string of the molecule is C[C@H](O)/C=C/[C@@H]1OC(=O)C[C@H]1Nc1ccc(C=O)cc1. The van der Waals surface area contributed by atoms with Gasteiger partial charge in [0.2, 0.25) is 0 Å². The van der Waals surface area contributed by atoms with Gasteiger partial charge in [0.1, 0.15) is 12.4 Å². The number of aliphatic hydroxyl groups is 1. The molecule has 1 aliphatic heterocycles. The molecule has 0 unspecified atom stereocenters. The first kappa shape index (κ1) is 14.3. The summed E-state index contributed by atoms with van der Waals surface area (Å²) in [6.07, 6.45) is 3.34. The van der Waals surface area contributed by atoms with E-state index in [0.29, 0.717) is 5.56 Å². The van der Waals surface area contributed by atoms with E-state index in [0.717, 1.165) is 12.0 Å². The van der Waals surface area contributed by atoms with Gasteiger partial charge < -0.3 is 15.2 Å². The number of cyclic esters (lactones) is 1. The summed E-state index contributed by atoms with van der Waals surface area (Å²) in [5, 5.41) is 12.4. The molecule has 3 atom stereocenters. The number of carbonyl (C=O) groups is 2. The fourth-order valence-electron chi connectivity index (χ4n) is 2.03. The van der Waals surface area contributed by atoms with Crippen LogP contribution in [0.3, 0.4) is 0 Å². The molecule has 20 heavy (non-hydrogen) atoms. The minimum absolute atomic E-state index is 0.181. The molecule has 0 aromatic heterocycles. The molecule has 1 heterocycles. The van der Waals surface area contributed by atoms with Gasteiger partial charge in [-0.25, -0.2) is 0 Å². The predicted molar refractivity (Wildman–Crippen MR) is 74.6 cm³/mol. The second-order valence-electron chi connectivity index (χ2n) is 4.77. The van der Waals surface area contributed by atoms with Gasteiger partial charge in [-0.1, -0.05) is 6.08 Å². The third kappa shape index (κ3) is 3.68. The molecule has 1 aliphatic rings. The van der Waals surface area contributed by atoms with Crippen LogP contribution in [0.4, 0.5) is 5.69 Å². The lowest BCUT2D eigenvalue weighted by Gasteiger charge is -2.17. The number of hydrogen-bond donors (Lipinski definition) is 2. The fourth-order valence-corrected chi connectivity index (χ4v) is 2.03. The van der Waals surface area contributed by atoms with E-state index >= 15 is 0 Å². The highest BCUT2D eigenvalue weighted by Gasteiger charge is 2.32. The molecule has 0 aliphatic carbocycles. The average molecular weight is 275 g/mol. The van der Waals surface area contributed by atoms with Crippen molar-refractivity contribution in [2.75, 3.05) is 5.32 Å². The van der Waals surface area contributed by atoms with Crippen LogP contribution in [0.5, 0.6) is 0 Å². The lowest BCUT2D eigenvalue weighted by molar-refractivity contribution is -0.140. The van der Waals surface area contributed by atoms with Gasteiger partial charge in [0, 0.05) is 11.3 Å². The van der Waals surface area contributed by atoms with Gasteiger partial charge in [-0.3, -0.25) is 9.59 Å². The number of anilines is 1. The Hall–Kier alpha value is -2.14. The Morgan fingerprint density at radius 1 is 1.40 bits per heavy atom. The van der Waals surface area contributed by atoms with E-state index in [9.17, 15) is 14.7 Å². The number of nitrogens with one attached hydrogen (secondary N) is 1. The number of ether oxygens (including phenoxy) is 1. The van der Waals surface area contributed by atoms with Gasteiger partial charge in [-0.2, -0.15) is 0 Å². The maximum atomic E-state index is 11.4. The Labute approximate surface area is 117 Å². The van der Waals surface area contributed by atoms with Crippen molar-refractivity contribution in [3.05, 3.63) is 42.0 Å². The smallest absolute Gasteiger partial charge is 0.308 e. The number of aliphatic hydroxyl groups excluding tert-OH is 1. The first-order valence-electron chi connectivity index (χ1n) is 6.46. The molecule has 106 valence electrons. The van der Waals surface area contributed by atoms with Gasteiger partial charge >= 0.3 is 5.97 Å². The molecule has 2 N–H and O–H groups in total. The van der Waals surface area contributed by atoms with E-state index < -0.39 is 12.2 Å². The van der Waals surface area contributed by atoms with Crippen molar-refractivity contribution in [2.24, 2.45) is 0 Å². The Morgan fingerprint density at radius 3 is 2.70 bits per heavy atom. The van der Waals surface area contributed by atoms with Crippen molar-refractivity contribution in [3.8, 4) is 0 Å². The number of benzene rings is 1. The van der Waals surface area contributed by atoms with Crippen LogP contribution in [-0.2, 0) is 9.53 Å². The zero-order chi connectivity index (χ0) is 14.5. The molecular formula is C15H17NO4. The first-order chi connectivity index (χ1) is 9.58. The number of esters is 1. The monoisotopic (exact) mass is 275 g/mol. The maximum Gasteiger partial charge on any atom is 0.308 e. The zero-order valence-electron chi connectivity index (χ0n) is 11.2. The molecular weight excluding hydrogens is 258 g/mol. The largest absolute Gasteiger partial charge is 0.456 e. The van der Waals surface area contributed by atoms with Crippen molar-refractivity contribution in [2.45, 2.75) is 31.6 Å². The summed E-state index contributed by atoms with van der Waals surface area (Å²) in [5.74, 6) is -0.271. The average Bonchev–Trinajstić information content (AvgIpc) is 2.77. The zero-order valence-corrected chi connectivity index (χ0v) is 11.2. The molecule has 0 saturated carbocycles. The standard InChI is InChI=1S/C15H17NO4/c1-10(18)2-7-14-13(8-15(19)20-14)16-12-5-3-11(9-17)4-6-12/h2-7,9-10,13-14,16,18H,8H2,1H3/b7-2+/t10-,13+,14-/m0/s1. The Morgan fingerprint density at radius 2 is 2.10 bits per heavy atom. The molecule has 1 fully saturated rings. The topological polar surface area (TPSA) is 75.6 Å². The molecule has 1 aromatic carbocycles. The van der Waals surface area contributed by atoms with Crippen LogP contribution < -0.4 is 5.32 Å². The normalized spacial score (nSPS) is 23.6. The summed E-state index contributed by atoms with van der Waals surface area (Å²) in [6.45, 7) is 1.63. The van der Waals surface area contributed by atoms with E-state index in [4.69, 9.17) is 4.74 Å². The van der Waals surface area contributed by atoms with Crippen molar-refractivity contribution in [1.82, 2.24) is 0 Å². The lowest BCUT2D eigenvalue weighted by Crippen LogP contribution is -2.27. The summed E-state index contributed by atoms with van der Waals surface area (Å²) >= 11 is 0. The van der Waals surface area contributed by atoms with Crippen LogP contribution in [0.1, 0.15) is 23.7 Å². The van der Waals surface area contributed by atoms with Gasteiger partial charge in [0.05, 0.1) is 18.6 Å². The summed E-state index contributed by atoms with van der Waals surface area (Å²) in [4.78, 5) is 22.0. The molecule has 0 bridgehead atoms. The third-order valence-electron chi connectivity index (χ3n) is 3.03. The summed E-state index contributed by atoms with van der Waals surface area (Å²) < 4.78 is 5.19. The molecule has 2 rings (SSSR count). The Balaban J connectivity index is 2.05. The second-order valence-corrected chi connectivity index (χ2v) is 4.77. The molecule has 0 spiro atoms. The number of carbonyl (C=O) groups excluding carboxylic acids is 2. The number of hydrogen-bond acceptors (Lipinski definition) is 5. The molecule has 5 heteroatoms. The highest BCUT2D eigenvalue weighted by atomic mass is 16.6. The summed E-state index contributed by atoms with van der Waals surface area (Å²) in [7, 11) is 0. The summed E-state index contributed by atoms with van der Waals surface area (Å²) in [6, 6.07) is 6.78. The fraction of sp³-hybridized carbons (Fsp3) is 0.333. The van der Waals surface area contributed by atoms with E-state index in [2.05, 4.69) is 5.32 Å². The van der Waals surface area contributed by atoms with Crippen LogP contribution in [0.25, 0.3) is 0 Å². The predicted octanol–water partition coefficient (Wildman–Crippen LogP) is 1.53. The van der Waals surface area contributed by atoms with Crippen LogP contribution in [0.15, 0.2) is 36.4 Å². The lowest BCUT2D eigenvalue weighted by atomic mass is 10.1. The first-order valence-corrected chi connectivity index (χ1v) is 6.46. The van der Waals surface area contributed by atoms with Gasteiger partial charge in [-0.15, -0.1) is 0 Å². The number of rotatable bonds is 5. The van der Waals surface area contributed by atoms with E-state index in [-0.39, 0.29) is 18.4 Å². The van der Waals surface area contributed by atoms with Gasteiger partial charge in [0.25, 0.3) is 0 Å². The molecule has 0 radical (unpaired) electrons. The third-order valence-corrected chi connectivity index (χ3v) is 3.03. The highest BCUT2D eigenvalue weighted by molar-refractivity contribution is 5.76. The molecule has 0 amide bonds.